The Kier molecular flexibility index (Phi) is 4.38. The van der Waals surface area contributed by atoms with E-state index >= 15 is 0 Å². The van der Waals surface area contributed by atoms with Crippen molar-refractivity contribution in [2.75, 3.05) is 0 Å². The summed E-state index contributed by atoms with van der Waals surface area (Å²) >= 11 is 0. The zero-order valence-electron chi connectivity index (χ0n) is 16.2. The number of carbonyl (C=O) groups is 1. The zero-order chi connectivity index (χ0) is 19.1. The number of hydrogen-bond donors (Lipinski definition) is 0. The molecule has 0 saturated heterocycles. The average molecular weight is 360 g/mol. The van der Waals surface area contributed by atoms with Gasteiger partial charge in [0.1, 0.15) is 0 Å². The molecule has 27 heavy (non-hydrogen) atoms. The van der Waals surface area contributed by atoms with Crippen molar-refractivity contribution in [1.29, 1.82) is 0 Å². The SMILES string of the molecule is Cc1cc(C)nc(-n2ncc3c2C[C@H](c2ccc(C(C)C)cc2)CC3=O)n1. The summed E-state index contributed by atoms with van der Waals surface area (Å²) in [4.78, 5) is 21.8. The maximum atomic E-state index is 12.7. The van der Waals surface area contributed by atoms with Crippen LogP contribution in [0.25, 0.3) is 5.95 Å². The van der Waals surface area contributed by atoms with Gasteiger partial charge < -0.3 is 0 Å². The summed E-state index contributed by atoms with van der Waals surface area (Å²) in [5.74, 6) is 1.34. The van der Waals surface area contributed by atoms with Gasteiger partial charge in [-0.25, -0.2) is 14.6 Å². The molecule has 5 heteroatoms. The number of hydrogen-bond acceptors (Lipinski definition) is 4. The van der Waals surface area contributed by atoms with Gasteiger partial charge in [0.2, 0.25) is 0 Å². The Bertz CT molecular complexity index is 981. The van der Waals surface area contributed by atoms with Gasteiger partial charge in [-0.3, -0.25) is 4.79 Å². The molecule has 0 bridgehead atoms. The molecule has 2 heterocycles. The first-order valence-electron chi connectivity index (χ1n) is 9.45. The first-order chi connectivity index (χ1) is 12.9. The third-order valence-corrected chi connectivity index (χ3v) is 5.28. The minimum Gasteiger partial charge on any atom is -0.294 e. The predicted molar refractivity (Wildman–Crippen MR) is 105 cm³/mol. The second kappa shape index (κ2) is 6.72. The summed E-state index contributed by atoms with van der Waals surface area (Å²) in [6.07, 6.45) is 2.95. The fourth-order valence-corrected chi connectivity index (χ4v) is 3.81. The molecule has 4 rings (SSSR count). The zero-order valence-corrected chi connectivity index (χ0v) is 16.2. The molecule has 0 radical (unpaired) electrons. The molecule has 1 aromatic carbocycles. The third-order valence-electron chi connectivity index (χ3n) is 5.28. The largest absolute Gasteiger partial charge is 0.294 e. The van der Waals surface area contributed by atoms with Crippen LogP contribution in [-0.2, 0) is 6.42 Å². The lowest BCUT2D eigenvalue weighted by Crippen LogP contribution is -2.21. The molecule has 3 aromatic rings. The average Bonchev–Trinajstić information content (AvgIpc) is 3.05. The highest BCUT2D eigenvalue weighted by Crippen LogP contribution is 2.34. The van der Waals surface area contributed by atoms with Crippen molar-refractivity contribution in [2.45, 2.75) is 52.4 Å². The van der Waals surface area contributed by atoms with E-state index in [1.165, 1.54) is 11.1 Å². The van der Waals surface area contributed by atoms with Crippen LogP contribution in [-0.4, -0.2) is 25.5 Å². The molecule has 1 aliphatic carbocycles. The lowest BCUT2D eigenvalue weighted by Gasteiger charge is -2.23. The summed E-state index contributed by atoms with van der Waals surface area (Å²) in [5.41, 5.74) is 5.92. The number of benzene rings is 1. The summed E-state index contributed by atoms with van der Waals surface area (Å²) in [6, 6.07) is 10.6. The monoisotopic (exact) mass is 360 g/mol. The third kappa shape index (κ3) is 3.29. The van der Waals surface area contributed by atoms with E-state index < -0.39 is 0 Å². The lowest BCUT2D eigenvalue weighted by molar-refractivity contribution is 0.0963. The normalized spacial score (nSPS) is 16.6. The maximum absolute atomic E-state index is 12.7. The van der Waals surface area contributed by atoms with E-state index in [1.807, 2.05) is 19.9 Å². The van der Waals surface area contributed by atoms with Gasteiger partial charge in [-0.15, -0.1) is 0 Å². The molecule has 0 saturated carbocycles. The highest BCUT2D eigenvalue weighted by molar-refractivity contribution is 5.98. The minimum absolute atomic E-state index is 0.143. The minimum atomic E-state index is 0.143. The quantitative estimate of drug-likeness (QED) is 0.698. The van der Waals surface area contributed by atoms with E-state index in [-0.39, 0.29) is 11.7 Å². The van der Waals surface area contributed by atoms with E-state index in [9.17, 15) is 4.79 Å². The van der Waals surface area contributed by atoms with Gasteiger partial charge >= 0.3 is 0 Å². The van der Waals surface area contributed by atoms with Crippen molar-refractivity contribution in [3.63, 3.8) is 0 Å². The van der Waals surface area contributed by atoms with Crippen LogP contribution in [0.1, 0.15) is 70.7 Å². The molecule has 0 fully saturated rings. The summed E-state index contributed by atoms with van der Waals surface area (Å²) in [6.45, 7) is 8.26. The van der Waals surface area contributed by atoms with E-state index in [2.05, 4.69) is 53.2 Å². The van der Waals surface area contributed by atoms with Crippen LogP contribution in [0.2, 0.25) is 0 Å². The molecule has 1 atom stereocenters. The van der Waals surface area contributed by atoms with Gasteiger partial charge in [0, 0.05) is 17.8 Å². The van der Waals surface area contributed by atoms with Crippen molar-refractivity contribution >= 4 is 5.78 Å². The number of aryl methyl sites for hydroxylation is 2. The van der Waals surface area contributed by atoms with Crippen LogP contribution in [0.15, 0.2) is 36.5 Å². The molecule has 138 valence electrons. The first kappa shape index (κ1) is 17.6. The van der Waals surface area contributed by atoms with E-state index in [0.717, 1.165) is 23.5 Å². The smallest absolute Gasteiger partial charge is 0.251 e. The Morgan fingerprint density at radius 3 is 2.33 bits per heavy atom. The highest BCUT2D eigenvalue weighted by atomic mass is 16.1. The summed E-state index contributed by atoms with van der Waals surface area (Å²) in [5, 5.41) is 4.44. The van der Waals surface area contributed by atoms with Crippen molar-refractivity contribution < 1.29 is 4.79 Å². The Labute approximate surface area is 159 Å². The Morgan fingerprint density at radius 1 is 1.04 bits per heavy atom. The fourth-order valence-electron chi connectivity index (χ4n) is 3.81. The predicted octanol–water partition coefficient (Wildman–Crippen LogP) is 4.32. The molecule has 0 aliphatic heterocycles. The highest BCUT2D eigenvalue weighted by Gasteiger charge is 2.30. The van der Waals surface area contributed by atoms with E-state index in [0.29, 0.717) is 23.9 Å². The van der Waals surface area contributed by atoms with Gasteiger partial charge in [-0.1, -0.05) is 38.1 Å². The molecule has 0 spiro atoms. The van der Waals surface area contributed by atoms with Crippen molar-refractivity contribution in [2.24, 2.45) is 0 Å². The second-order valence-corrected chi connectivity index (χ2v) is 7.72. The number of fused-ring (bicyclic) bond motifs is 1. The maximum Gasteiger partial charge on any atom is 0.251 e. The van der Waals surface area contributed by atoms with Crippen LogP contribution >= 0.6 is 0 Å². The van der Waals surface area contributed by atoms with Crippen molar-refractivity contribution in [3.05, 3.63) is 70.3 Å². The molecule has 1 aliphatic rings. The van der Waals surface area contributed by atoms with Crippen LogP contribution in [0.4, 0.5) is 0 Å². The lowest BCUT2D eigenvalue weighted by atomic mass is 9.82. The van der Waals surface area contributed by atoms with Crippen LogP contribution in [0.3, 0.4) is 0 Å². The topological polar surface area (TPSA) is 60.7 Å². The molecule has 5 nitrogen and oxygen atoms in total. The number of carbonyl (C=O) groups excluding carboxylic acids is 1. The van der Waals surface area contributed by atoms with Gasteiger partial charge in [0.25, 0.3) is 5.95 Å². The van der Waals surface area contributed by atoms with Gasteiger partial charge in [0.15, 0.2) is 5.78 Å². The second-order valence-electron chi connectivity index (χ2n) is 7.72. The molecule has 0 unspecified atom stereocenters. The number of ketones is 1. The molecular weight excluding hydrogens is 336 g/mol. The Balaban J connectivity index is 1.71. The first-order valence-corrected chi connectivity index (χ1v) is 9.45. The number of aromatic nitrogens is 4. The number of rotatable bonds is 3. The van der Waals surface area contributed by atoms with E-state index in [4.69, 9.17) is 0 Å². The molecule has 0 amide bonds. The molecule has 2 aromatic heterocycles. The summed E-state index contributed by atoms with van der Waals surface area (Å²) < 4.78 is 1.74. The Morgan fingerprint density at radius 2 is 1.70 bits per heavy atom. The number of Topliss-reactive ketones (excluding diaryl/α,β-unsaturated/α-hetero) is 1. The van der Waals surface area contributed by atoms with Crippen LogP contribution < -0.4 is 0 Å². The molecular formula is C22H24N4O. The van der Waals surface area contributed by atoms with Gasteiger partial charge in [-0.2, -0.15) is 5.10 Å². The van der Waals surface area contributed by atoms with E-state index in [1.54, 1.807) is 10.9 Å². The van der Waals surface area contributed by atoms with Crippen LogP contribution in [0.5, 0.6) is 0 Å². The van der Waals surface area contributed by atoms with Crippen molar-refractivity contribution in [3.8, 4) is 5.95 Å². The fraction of sp³-hybridized carbons (Fsp3) is 0.364. The summed E-state index contributed by atoms with van der Waals surface area (Å²) in [7, 11) is 0. The standard InChI is InChI=1S/C22H24N4O/c1-13(2)16-5-7-17(8-6-16)18-10-20-19(21(27)11-18)12-23-26(20)22-24-14(3)9-15(4)25-22/h5-9,12-13,18H,10-11H2,1-4H3/t18-/m0/s1. The van der Waals surface area contributed by atoms with Crippen molar-refractivity contribution in [1.82, 2.24) is 19.7 Å². The van der Waals surface area contributed by atoms with Gasteiger partial charge in [0.05, 0.1) is 17.5 Å². The number of nitrogens with zero attached hydrogens (tertiary/aromatic N) is 4. The molecule has 0 N–H and O–H groups in total. The van der Waals surface area contributed by atoms with Crippen LogP contribution in [0, 0.1) is 13.8 Å². The van der Waals surface area contributed by atoms with Gasteiger partial charge in [-0.05, 0) is 49.3 Å². The Hall–Kier alpha value is -2.82.